The smallest absolute Gasteiger partial charge is 0.354 e. The Labute approximate surface area is 133 Å². The summed E-state index contributed by atoms with van der Waals surface area (Å²) >= 11 is 9.26. The molecule has 0 aliphatic rings. The van der Waals surface area contributed by atoms with Gasteiger partial charge in [0.2, 0.25) is 0 Å². The van der Waals surface area contributed by atoms with Gasteiger partial charge >= 0.3 is 5.97 Å². The Hall–Kier alpha value is -1.92. The van der Waals surface area contributed by atoms with Crippen molar-refractivity contribution in [1.29, 1.82) is 0 Å². The van der Waals surface area contributed by atoms with Crippen molar-refractivity contribution >= 4 is 39.1 Å². The van der Waals surface area contributed by atoms with E-state index in [0.29, 0.717) is 26.5 Å². The molecule has 5 nitrogen and oxygen atoms in total. The van der Waals surface area contributed by atoms with Crippen LogP contribution in [0.4, 0.5) is 0 Å². The third-order valence-corrected chi connectivity index (χ3v) is 4.23. The molecule has 106 valence electrons. The van der Waals surface area contributed by atoms with Crippen molar-refractivity contribution in [2.45, 2.75) is 6.92 Å². The van der Waals surface area contributed by atoms with E-state index in [-0.39, 0.29) is 5.69 Å². The van der Waals surface area contributed by atoms with E-state index in [1.54, 1.807) is 31.2 Å². The van der Waals surface area contributed by atoms with Crippen LogP contribution in [-0.2, 0) is 0 Å². The van der Waals surface area contributed by atoms with E-state index in [0.717, 1.165) is 5.56 Å². The van der Waals surface area contributed by atoms with Crippen LogP contribution >= 0.6 is 27.5 Å². The van der Waals surface area contributed by atoms with Crippen molar-refractivity contribution < 1.29 is 9.90 Å². The summed E-state index contributed by atoms with van der Waals surface area (Å²) < 4.78 is 2.00. The number of aromatic nitrogens is 3. The summed E-state index contributed by atoms with van der Waals surface area (Å²) in [6.45, 7) is 1.78. The van der Waals surface area contributed by atoms with Crippen LogP contribution < -0.4 is 0 Å². The van der Waals surface area contributed by atoms with Crippen LogP contribution in [0.25, 0.3) is 16.9 Å². The zero-order valence-corrected chi connectivity index (χ0v) is 13.2. The van der Waals surface area contributed by atoms with Crippen molar-refractivity contribution in [3.05, 3.63) is 51.2 Å². The van der Waals surface area contributed by atoms with Gasteiger partial charge in [-0.2, -0.15) is 5.10 Å². The molecular weight excluding hydrogens is 358 g/mol. The molecule has 21 heavy (non-hydrogen) atoms. The lowest BCUT2D eigenvalue weighted by Gasteiger charge is -2.05. The Morgan fingerprint density at radius 1 is 1.33 bits per heavy atom. The molecule has 0 saturated heterocycles. The second kappa shape index (κ2) is 5.13. The summed E-state index contributed by atoms with van der Waals surface area (Å²) in [5.41, 5.74) is 2.54. The number of carboxylic acid groups (broad SMARTS) is 1. The van der Waals surface area contributed by atoms with Gasteiger partial charge in [-0.15, -0.1) is 0 Å². The van der Waals surface area contributed by atoms with Crippen molar-refractivity contribution in [3.8, 4) is 11.3 Å². The summed E-state index contributed by atoms with van der Waals surface area (Å²) in [5, 5.41) is 14.2. The first-order valence-electron chi connectivity index (χ1n) is 6.02. The molecule has 0 saturated carbocycles. The molecule has 1 aromatic carbocycles. The predicted molar refractivity (Wildman–Crippen MR) is 82.8 cm³/mol. The van der Waals surface area contributed by atoms with E-state index in [1.165, 1.54) is 10.6 Å². The van der Waals surface area contributed by atoms with Gasteiger partial charge in [0.15, 0.2) is 11.3 Å². The van der Waals surface area contributed by atoms with Crippen molar-refractivity contribution in [2.75, 3.05) is 0 Å². The zero-order valence-electron chi connectivity index (χ0n) is 10.8. The molecule has 0 atom stereocenters. The van der Waals surface area contributed by atoms with Crippen LogP contribution in [0.2, 0.25) is 5.02 Å². The van der Waals surface area contributed by atoms with Gasteiger partial charge < -0.3 is 5.11 Å². The third-order valence-electron chi connectivity index (χ3n) is 3.05. The first-order chi connectivity index (χ1) is 9.97. The summed E-state index contributed by atoms with van der Waals surface area (Å²) in [5.74, 6) is -1.06. The average molecular weight is 367 g/mol. The molecule has 7 heteroatoms. The minimum atomic E-state index is -1.06. The molecule has 3 rings (SSSR count). The summed E-state index contributed by atoms with van der Waals surface area (Å²) in [6.07, 6.45) is 0. The Morgan fingerprint density at radius 3 is 2.62 bits per heavy atom. The molecule has 0 bridgehead atoms. The van der Waals surface area contributed by atoms with E-state index in [1.807, 2.05) is 0 Å². The van der Waals surface area contributed by atoms with Crippen molar-refractivity contribution in [2.24, 2.45) is 0 Å². The van der Waals surface area contributed by atoms with E-state index in [9.17, 15) is 9.90 Å². The Bertz CT molecular complexity index is 859. The summed E-state index contributed by atoms with van der Waals surface area (Å²) in [6, 6.07) is 8.56. The van der Waals surface area contributed by atoms with Crippen LogP contribution in [0.15, 0.2) is 34.8 Å². The fourth-order valence-electron chi connectivity index (χ4n) is 2.02. The molecule has 2 aromatic heterocycles. The molecular formula is C14H9BrClN3O2. The maximum atomic E-state index is 11.4. The normalized spacial score (nSPS) is 11.0. The highest BCUT2D eigenvalue weighted by Gasteiger charge is 2.17. The van der Waals surface area contributed by atoms with E-state index in [4.69, 9.17) is 11.6 Å². The van der Waals surface area contributed by atoms with Gasteiger partial charge in [0, 0.05) is 10.6 Å². The van der Waals surface area contributed by atoms with Gasteiger partial charge in [-0.1, -0.05) is 23.7 Å². The van der Waals surface area contributed by atoms with E-state index in [2.05, 4.69) is 26.0 Å². The Kier molecular flexibility index (Phi) is 3.43. The molecule has 0 spiro atoms. The number of carbonyl (C=O) groups is 1. The van der Waals surface area contributed by atoms with E-state index < -0.39 is 5.97 Å². The Balaban J connectivity index is 2.31. The molecule has 1 N–H and O–H groups in total. The molecule has 0 fully saturated rings. The molecule has 0 amide bonds. The monoisotopic (exact) mass is 365 g/mol. The standard InChI is InChI=1S/C14H9BrClN3O2/c1-7-12(15)13-17-10(8-2-4-9(16)5-3-8)6-11(14(20)21)19(13)18-7/h2-6H,1H3,(H,20,21). The van der Waals surface area contributed by atoms with Crippen LogP contribution in [0.1, 0.15) is 16.2 Å². The van der Waals surface area contributed by atoms with Gasteiger partial charge in [-0.3, -0.25) is 0 Å². The number of rotatable bonds is 2. The Morgan fingerprint density at radius 2 is 2.00 bits per heavy atom. The number of halogens is 2. The average Bonchev–Trinajstić information content (AvgIpc) is 2.74. The van der Waals surface area contributed by atoms with Gasteiger partial charge in [0.05, 0.1) is 15.9 Å². The number of benzene rings is 1. The fraction of sp³-hybridized carbons (Fsp3) is 0.0714. The lowest BCUT2D eigenvalue weighted by molar-refractivity contribution is 0.0687. The number of carboxylic acids is 1. The minimum absolute atomic E-state index is 0.0544. The van der Waals surface area contributed by atoms with Crippen LogP contribution in [0, 0.1) is 6.92 Å². The molecule has 0 radical (unpaired) electrons. The lowest BCUT2D eigenvalue weighted by Crippen LogP contribution is -2.08. The van der Waals surface area contributed by atoms with E-state index >= 15 is 0 Å². The largest absolute Gasteiger partial charge is 0.477 e. The molecule has 0 aliphatic carbocycles. The van der Waals surface area contributed by atoms with Gasteiger partial charge in [0.25, 0.3) is 0 Å². The van der Waals surface area contributed by atoms with Gasteiger partial charge in [-0.25, -0.2) is 14.3 Å². The first-order valence-corrected chi connectivity index (χ1v) is 7.19. The number of nitrogens with zero attached hydrogens (tertiary/aromatic N) is 3. The van der Waals surface area contributed by atoms with Gasteiger partial charge in [0.1, 0.15) is 0 Å². The lowest BCUT2D eigenvalue weighted by atomic mass is 10.1. The quantitative estimate of drug-likeness (QED) is 0.748. The second-order valence-corrected chi connectivity index (χ2v) is 5.70. The number of aryl methyl sites for hydroxylation is 1. The SMILES string of the molecule is Cc1nn2c(C(=O)O)cc(-c3ccc(Cl)cc3)nc2c1Br. The zero-order chi connectivity index (χ0) is 15.1. The van der Waals surface area contributed by atoms with Crippen LogP contribution in [0.3, 0.4) is 0 Å². The number of hydrogen-bond donors (Lipinski definition) is 1. The number of fused-ring (bicyclic) bond motifs is 1. The molecule has 0 unspecified atom stereocenters. The first kappa shape index (κ1) is 14.0. The predicted octanol–water partition coefficient (Wildman–Crippen LogP) is 3.82. The maximum absolute atomic E-state index is 11.4. The fourth-order valence-corrected chi connectivity index (χ4v) is 2.48. The van der Waals surface area contributed by atoms with Crippen molar-refractivity contribution in [3.63, 3.8) is 0 Å². The van der Waals surface area contributed by atoms with Crippen molar-refractivity contribution in [1.82, 2.24) is 14.6 Å². The second-order valence-electron chi connectivity index (χ2n) is 4.47. The summed E-state index contributed by atoms with van der Waals surface area (Å²) in [4.78, 5) is 15.9. The molecule has 0 aliphatic heterocycles. The third kappa shape index (κ3) is 2.41. The molecule has 3 aromatic rings. The van der Waals surface area contributed by atoms with Crippen LogP contribution in [-0.4, -0.2) is 25.7 Å². The van der Waals surface area contributed by atoms with Crippen LogP contribution in [0.5, 0.6) is 0 Å². The maximum Gasteiger partial charge on any atom is 0.354 e. The number of aromatic carboxylic acids is 1. The minimum Gasteiger partial charge on any atom is -0.477 e. The highest BCUT2D eigenvalue weighted by atomic mass is 79.9. The van der Waals surface area contributed by atoms with Gasteiger partial charge in [-0.05, 0) is 41.1 Å². The highest BCUT2D eigenvalue weighted by molar-refractivity contribution is 9.10. The highest BCUT2D eigenvalue weighted by Crippen LogP contribution is 2.26. The summed E-state index contributed by atoms with van der Waals surface area (Å²) in [7, 11) is 0. The topological polar surface area (TPSA) is 67.5 Å². The number of hydrogen-bond acceptors (Lipinski definition) is 3. The molecule has 2 heterocycles.